The van der Waals surface area contributed by atoms with E-state index >= 15 is 0 Å². The van der Waals surface area contributed by atoms with Crippen LogP contribution in [0.3, 0.4) is 0 Å². The first kappa shape index (κ1) is 18.9. The number of imidazole rings is 1. The quantitative estimate of drug-likeness (QED) is 0.354. The molecule has 0 aliphatic carbocycles. The van der Waals surface area contributed by atoms with Crippen molar-refractivity contribution in [1.82, 2.24) is 29.1 Å². The Morgan fingerprint density at radius 3 is 2.69 bits per heavy atom. The van der Waals surface area contributed by atoms with Gasteiger partial charge in [0.25, 0.3) is 0 Å². The summed E-state index contributed by atoms with van der Waals surface area (Å²) >= 11 is 1.65. The molecule has 0 amide bonds. The van der Waals surface area contributed by atoms with E-state index in [2.05, 4.69) is 69.3 Å². The Morgan fingerprint density at radius 2 is 1.78 bits per heavy atom. The maximum absolute atomic E-state index is 4.73. The van der Waals surface area contributed by atoms with Crippen LogP contribution in [0.5, 0.6) is 0 Å². The first-order valence-corrected chi connectivity index (χ1v) is 11.4. The molecule has 0 saturated carbocycles. The lowest BCUT2D eigenvalue weighted by atomic mass is 10.1. The normalized spacial score (nSPS) is 11.5. The fourth-order valence-electron chi connectivity index (χ4n) is 4.02. The molecule has 0 spiro atoms. The van der Waals surface area contributed by atoms with Gasteiger partial charge in [0.05, 0.1) is 11.4 Å². The fraction of sp³-hybridized carbons (Fsp3) is 0.0800. The van der Waals surface area contributed by atoms with Gasteiger partial charge in [-0.1, -0.05) is 54.2 Å². The highest BCUT2D eigenvalue weighted by Gasteiger charge is 2.20. The minimum Gasteiger partial charge on any atom is -0.360 e. The average molecular weight is 437 g/mol. The molecular formula is C25H20N6S. The lowest BCUT2D eigenvalue weighted by Gasteiger charge is -2.12. The summed E-state index contributed by atoms with van der Waals surface area (Å²) in [6, 6.07) is 22.6. The summed E-state index contributed by atoms with van der Waals surface area (Å²) < 4.78 is 4.20. The molecule has 0 saturated heterocycles. The maximum atomic E-state index is 4.73. The molecule has 6 rings (SSSR count). The summed E-state index contributed by atoms with van der Waals surface area (Å²) in [7, 11) is 0. The van der Waals surface area contributed by atoms with Crippen LogP contribution in [-0.4, -0.2) is 29.1 Å². The summed E-state index contributed by atoms with van der Waals surface area (Å²) in [4.78, 5) is 8.09. The summed E-state index contributed by atoms with van der Waals surface area (Å²) in [5, 5.41) is 11.2. The molecule has 7 heteroatoms. The molecule has 1 N–H and O–H groups in total. The summed E-state index contributed by atoms with van der Waals surface area (Å²) in [6.45, 7) is 2.12. The van der Waals surface area contributed by atoms with E-state index in [0.29, 0.717) is 5.75 Å². The molecule has 2 aromatic carbocycles. The van der Waals surface area contributed by atoms with E-state index in [-0.39, 0.29) is 0 Å². The standard InChI is InChI=1S/C25H20N6S/c1-17-8-2-5-11-22(17)31-24(20-14-26-21-10-4-3-9-19(20)21)28-29-25(31)32-16-18-15-30-13-7-6-12-23(30)27-18/h2-15,26H,16H2,1H3. The first-order chi connectivity index (χ1) is 15.8. The Morgan fingerprint density at radius 1 is 0.938 bits per heavy atom. The van der Waals surface area contributed by atoms with E-state index in [9.17, 15) is 0 Å². The number of thioether (sulfide) groups is 1. The number of benzene rings is 2. The van der Waals surface area contributed by atoms with Crippen LogP contribution in [-0.2, 0) is 5.75 Å². The molecule has 4 heterocycles. The smallest absolute Gasteiger partial charge is 0.196 e. The molecule has 32 heavy (non-hydrogen) atoms. The van der Waals surface area contributed by atoms with Crippen LogP contribution in [0.2, 0.25) is 0 Å². The lowest BCUT2D eigenvalue weighted by molar-refractivity contribution is 0.880. The molecule has 0 bridgehead atoms. The number of hydrogen-bond acceptors (Lipinski definition) is 4. The molecule has 0 unspecified atom stereocenters. The molecule has 6 nitrogen and oxygen atoms in total. The Bertz CT molecular complexity index is 1520. The Labute approximate surface area is 189 Å². The van der Waals surface area contributed by atoms with E-state index in [1.807, 2.05) is 47.1 Å². The number of aryl methyl sites for hydroxylation is 1. The van der Waals surface area contributed by atoms with Crippen LogP contribution in [0.4, 0.5) is 0 Å². The largest absolute Gasteiger partial charge is 0.360 e. The topological polar surface area (TPSA) is 63.8 Å². The molecule has 0 radical (unpaired) electrons. The van der Waals surface area contributed by atoms with Gasteiger partial charge in [-0.05, 0) is 36.8 Å². The number of para-hydroxylation sites is 2. The molecule has 0 aliphatic heterocycles. The third-order valence-electron chi connectivity index (χ3n) is 5.58. The predicted octanol–water partition coefficient (Wildman–Crippen LogP) is 5.66. The molecule has 0 aliphatic rings. The van der Waals surface area contributed by atoms with Crippen LogP contribution in [0, 0.1) is 6.92 Å². The number of pyridine rings is 1. The van der Waals surface area contributed by atoms with Gasteiger partial charge < -0.3 is 9.38 Å². The molecule has 156 valence electrons. The van der Waals surface area contributed by atoms with Crippen LogP contribution < -0.4 is 0 Å². The van der Waals surface area contributed by atoms with Gasteiger partial charge in [-0.15, -0.1) is 10.2 Å². The molecule has 0 fully saturated rings. The van der Waals surface area contributed by atoms with Crippen LogP contribution in [0.1, 0.15) is 11.3 Å². The zero-order valence-electron chi connectivity index (χ0n) is 17.4. The van der Waals surface area contributed by atoms with Gasteiger partial charge in [-0.25, -0.2) is 4.98 Å². The zero-order chi connectivity index (χ0) is 21.5. The van der Waals surface area contributed by atoms with E-state index in [4.69, 9.17) is 4.98 Å². The van der Waals surface area contributed by atoms with Crippen molar-refractivity contribution in [1.29, 1.82) is 0 Å². The number of aromatic nitrogens is 6. The Balaban J connectivity index is 1.44. The first-order valence-electron chi connectivity index (χ1n) is 10.4. The second-order valence-electron chi connectivity index (χ2n) is 7.66. The summed E-state index contributed by atoms with van der Waals surface area (Å²) in [5.41, 5.74) is 6.33. The van der Waals surface area contributed by atoms with Crippen molar-refractivity contribution in [3.63, 3.8) is 0 Å². The predicted molar refractivity (Wildman–Crippen MR) is 128 cm³/mol. The maximum Gasteiger partial charge on any atom is 0.196 e. The molecule has 6 aromatic rings. The van der Waals surface area contributed by atoms with E-state index in [1.165, 1.54) is 5.56 Å². The number of aromatic amines is 1. The zero-order valence-corrected chi connectivity index (χ0v) is 18.3. The van der Waals surface area contributed by atoms with Crippen molar-refractivity contribution < 1.29 is 0 Å². The van der Waals surface area contributed by atoms with Crippen LogP contribution >= 0.6 is 11.8 Å². The second kappa shape index (κ2) is 7.69. The summed E-state index contributed by atoms with van der Waals surface area (Å²) in [6.07, 6.45) is 6.10. The number of H-pyrrole nitrogens is 1. The summed E-state index contributed by atoms with van der Waals surface area (Å²) in [5.74, 6) is 1.54. The SMILES string of the molecule is Cc1ccccc1-n1c(SCc2cn3ccccc3n2)nnc1-c1c[nH]c2ccccc12. The molecule has 4 aromatic heterocycles. The average Bonchev–Trinajstić information content (AvgIpc) is 3.53. The highest BCUT2D eigenvalue weighted by Crippen LogP contribution is 2.34. The Hall–Kier alpha value is -3.84. The van der Waals surface area contributed by atoms with Crippen molar-refractivity contribution in [2.45, 2.75) is 17.8 Å². The molecule has 0 atom stereocenters. The minimum atomic E-state index is 0.708. The highest BCUT2D eigenvalue weighted by atomic mass is 32.2. The second-order valence-corrected chi connectivity index (χ2v) is 8.61. The van der Waals surface area contributed by atoms with Gasteiger partial charge in [0.15, 0.2) is 11.0 Å². The van der Waals surface area contributed by atoms with Gasteiger partial charge in [-0.3, -0.25) is 4.57 Å². The third kappa shape index (κ3) is 3.18. The van der Waals surface area contributed by atoms with E-state index in [1.54, 1.807) is 11.8 Å². The van der Waals surface area contributed by atoms with Gasteiger partial charge in [0.1, 0.15) is 5.65 Å². The minimum absolute atomic E-state index is 0.708. The van der Waals surface area contributed by atoms with E-state index in [0.717, 1.165) is 44.5 Å². The number of nitrogens with zero attached hydrogens (tertiary/aromatic N) is 5. The number of rotatable bonds is 5. The monoisotopic (exact) mass is 436 g/mol. The van der Waals surface area contributed by atoms with Crippen LogP contribution in [0.15, 0.2) is 90.5 Å². The van der Waals surface area contributed by atoms with Crippen molar-refractivity contribution in [3.05, 3.63) is 96.6 Å². The van der Waals surface area contributed by atoms with E-state index < -0.39 is 0 Å². The lowest BCUT2D eigenvalue weighted by Crippen LogP contribution is -2.01. The van der Waals surface area contributed by atoms with Gasteiger partial charge in [0, 0.05) is 40.8 Å². The van der Waals surface area contributed by atoms with Gasteiger partial charge in [-0.2, -0.15) is 0 Å². The highest BCUT2D eigenvalue weighted by molar-refractivity contribution is 7.98. The van der Waals surface area contributed by atoms with Crippen molar-refractivity contribution in [2.24, 2.45) is 0 Å². The number of hydrogen-bond donors (Lipinski definition) is 1. The van der Waals surface area contributed by atoms with Gasteiger partial charge in [0.2, 0.25) is 0 Å². The third-order valence-corrected chi connectivity index (χ3v) is 6.55. The van der Waals surface area contributed by atoms with Crippen molar-refractivity contribution in [3.8, 4) is 17.1 Å². The number of fused-ring (bicyclic) bond motifs is 2. The number of nitrogens with one attached hydrogen (secondary N) is 1. The Kier molecular flexibility index (Phi) is 4.54. The molecular weight excluding hydrogens is 416 g/mol. The van der Waals surface area contributed by atoms with Crippen molar-refractivity contribution in [2.75, 3.05) is 0 Å². The van der Waals surface area contributed by atoms with Crippen LogP contribution in [0.25, 0.3) is 33.6 Å². The van der Waals surface area contributed by atoms with Crippen molar-refractivity contribution >= 4 is 28.3 Å². The van der Waals surface area contributed by atoms with Gasteiger partial charge >= 0.3 is 0 Å². The fourth-order valence-corrected chi connectivity index (χ4v) is 4.85.